The maximum atomic E-state index is 12.4. The van der Waals surface area contributed by atoms with E-state index in [-0.39, 0.29) is 11.7 Å². The zero-order valence-electron chi connectivity index (χ0n) is 14.0. The normalized spacial score (nSPS) is 11.1. The summed E-state index contributed by atoms with van der Waals surface area (Å²) >= 11 is 1.54. The Balaban J connectivity index is 1.37. The summed E-state index contributed by atoms with van der Waals surface area (Å²) in [5.74, 6) is 0.0145. The molecule has 5 nitrogen and oxygen atoms in total. The Bertz CT molecular complexity index is 1210. The molecule has 0 unspecified atom stereocenters. The second-order valence-electron chi connectivity index (χ2n) is 6.03. The van der Waals surface area contributed by atoms with E-state index in [4.69, 9.17) is 4.42 Å². The van der Waals surface area contributed by atoms with E-state index in [0.29, 0.717) is 11.3 Å². The van der Waals surface area contributed by atoms with Crippen LogP contribution >= 0.6 is 11.3 Å². The minimum atomic E-state index is -0.275. The van der Waals surface area contributed by atoms with Crippen LogP contribution in [0.5, 0.6) is 0 Å². The van der Waals surface area contributed by atoms with Gasteiger partial charge in [0, 0.05) is 22.8 Å². The van der Waals surface area contributed by atoms with E-state index >= 15 is 0 Å². The Hall–Kier alpha value is -3.51. The molecular weight excluding hydrogens is 358 g/mol. The molecule has 5 aromatic rings. The first-order valence-corrected chi connectivity index (χ1v) is 9.20. The molecule has 0 aliphatic rings. The summed E-state index contributed by atoms with van der Waals surface area (Å²) in [6, 6.07) is 20.7. The lowest BCUT2D eigenvalue weighted by Crippen LogP contribution is -2.10. The molecule has 0 atom stereocenters. The summed E-state index contributed by atoms with van der Waals surface area (Å²) in [6.45, 7) is 0. The first-order chi connectivity index (χ1) is 13.3. The van der Waals surface area contributed by atoms with Crippen LogP contribution < -0.4 is 5.32 Å². The highest BCUT2D eigenvalue weighted by molar-refractivity contribution is 7.21. The molecule has 0 aliphatic carbocycles. The van der Waals surface area contributed by atoms with E-state index in [0.717, 1.165) is 26.3 Å². The third-order valence-corrected chi connectivity index (χ3v) is 5.23. The van der Waals surface area contributed by atoms with Crippen molar-refractivity contribution >= 4 is 44.2 Å². The molecule has 0 radical (unpaired) electrons. The van der Waals surface area contributed by atoms with Crippen LogP contribution in [-0.4, -0.2) is 15.9 Å². The maximum absolute atomic E-state index is 12.4. The maximum Gasteiger partial charge on any atom is 0.291 e. The average Bonchev–Trinajstić information content (AvgIpc) is 3.32. The highest BCUT2D eigenvalue weighted by Crippen LogP contribution is 2.29. The van der Waals surface area contributed by atoms with Gasteiger partial charge in [0.15, 0.2) is 5.76 Å². The molecule has 0 bridgehead atoms. The van der Waals surface area contributed by atoms with E-state index in [2.05, 4.69) is 15.3 Å². The number of anilines is 1. The van der Waals surface area contributed by atoms with Gasteiger partial charge in [-0.25, -0.2) is 9.97 Å². The van der Waals surface area contributed by atoms with Gasteiger partial charge in [-0.05, 0) is 48.5 Å². The van der Waals surface area contributed by atoms with Crippen LogP contribution in [0.15, 0.2) is 77.3 Å². The van der Waals surface area contributed by atoms with E-state index in [1.54, 1.807) is 23.6 Å². The summed E-state index contributed by atoms with van der Waals surface area (Å²) in [6.07, 6.45) is 1.76. The van der Waals surface area contributed by atoms with Gasteiger partial charge in [0.1, 0.15) is 20.9 Å². The largest absolute Gasteiger partial charge is 0.451 e. The Morgan fingerprint density at radius 3 is 2.67 bits per heavy atom. The standard InChI is InChI=1S/C21H13N3O2S/c25-19(18-12-14-4-1-2-6-17(14)26-18)23-15-9-7-13(8-10-15)20-24-16-5-3-11-22-21(16)27-20/h1-12H,(H,23,25). The number of thiazole rings is 1. The number of hydrogen-bond donors (Lipinski definition) is 1. The molecule has 0 spiro atoms. The fourth-order valence-electron chi connectivity index (χ4n) is 2.88. The van der Waals surface area contributed by atoms with Gasteiger partial charge in [-0.15, -0.1) is 0 Å². The SMILES string of the molecule is O=C(Nc1ccc(-c2nc3cccnc3s2)cc1)c1cc2ccccc2o1. The fraction of sp³-hybridized carbons (Fsp3) is 0. The molecule has 1 N–H and O–H groups in total. The molecule has 130 valence electrons. The van der Waals surface area contributed by atoms with Crippen molar-refractivity contribution in [2.24, 2.45) is 0 Å². The van der Waals surface area contributed by atoms with Crippen molar-refractivity contribution in [3.05, 3.63) is 78.7 Å². The number of aromatic nitrogens is 2. The topological polar surface area (TPSA) is 68.0 Å². The number of nitrogens with one attached hydrogen (secondary N) is 1. The first kappa shape index (κ1) is 15.7. The highest BCUT2D eigenvalue weighted by Gasteiger charge is 2.13. The minimum absolute atomic E-state index is 0.275. The van der Waals surface area contributed by atoms with Crippen molar-refractivity contribution in [2.45, 2.75) is 0 Å². The fourth-order valence-corrected chi connectivity index (χ4v) is 3.79. The van der Waals surface area contributed by atoms with Gasteiger partial charge in [-0.3, -0.25) is 4.79 Å². The average molecular weight is 371 g/mol. The van der Waals surface area contributed by atoms with Crippen molar-refractivity contribution in [3.8, 4) is 10.6 Å². The van der Waals surface area contributed by atoms with Gasteiger partial charge >= 0.3 is 0 Å². The van der Waals surface area contributed by atoms with Gasteiger partial charge in [0.2, 0.25) is 0 Å². The number of benzene rings is 2. The number of hydrogen-bond acceptors (Lipinski definition) is 5. The number of nitrogens with zero attached hydrogens (tertiary/aromatic N) is 2. The van der Waals surface area contributed by atoms with Crippen molar-refractivity contribution in [3.63, 3.8) is 0 Å². The zero-order valence-corrected chi connectivity index (χ0v) is 14.9. The van der Waals surface area contributed by atoms with Crippen LogP contribution in [0.3, 0.4) is 0 Å². The smallest absolute Gasteiger partial charge is 0.291 e. The molecule has 0 saturated carbocycles. The quantitative estimate of drug-likeness (QED) is 0.464. The second-order valence-corrected chi connectivity index (χ2v) is 7.00. The Morgan fingerprint density at radius 2 is 1.85 bits per heavy atom. The van der Waals surface area contributed by atoms with E-state index in [1.807, 2.05) is 60.7 Å². The molecule has 0 saturated heterocycles. The number of carbonyl (C=O) groups is 1. The van der Waals surface area contributed by atoms with Crippen molar-refractivity contribution in [1.29, 1.82) is 0 Å². The molecule has 1 amide bonds. The molecule has 27 heavy (non-hydrogen) atoms. The van der Waals surface area contributed by atoms with Crippen LogP contribution in [0.2, 0.25) is 0 Å². The van der Waals surface area contributed by atoms with Crippen LogP contribution in [0.25, 0.3) is 31.9 Å². The van der Waals surface area contributed by atoms with E-state index in [9.17, 15) is 4.79 Å². The molecule has 0 fully saturated rings. The van der Waals surface area contributed by atoms with Gasteiger partial charge in [-0.1, -0.05) is 29.5 Å². The summed E-state index contributed by atoms with van der Waals surface area (Å²) in [4.78, 5) is 22.3. The Morgan fingerprint density at radius 1 is 1.00 bits per heavy atom. The Labute approximate surface area is 158 Å². The predicted octanol–water partition coefficient (Wildman–Crippen LogP) is 5.36. The van der Waals surface area contributed by atoms with Crippen LogP contribution in [0.4, 0.5) is 5.69 Å². The summed E-state index contributed by atoms with van der Waals surface area (Å²) in [5, 5.41) is 4.67. The monoisotopic (exact) mass is 371 g/mol. The molecule has 6 heteroatoms. The third-order valence-electron chi connectivity index (χ3n) is 4.21. The second kappa shape index (κ2) is 6.34. The molecule has 5 rings (SSSR count). The van der Waals surface area contributed by atoms with Crippen molar-refractivity contribution < 1.29 is 9.21 Å². The summed E-state index contributed by atoms with van der Waals surface area (Å²) in [7, 11) is 0. The molecule has 3 heterocycles. The summed E-state index contributed by atoms with van der Waals surface area (Å²) in [5.41, 5.74) is 3.27. The lowest BCUT2D eigenvalue weighted by molar-refractivity contribution is 0.0998. The lowest BCUT2D eigenvalue weighted by Gasteiger charge is -2.04. The highest BCUT2D eigenvalue weighted by atomic mass is 32.1. The predicted molar refractivity (Wildman–Crippen MR) is 107 cm³/mol. The molecule has 0 aliphatic heterocycles. The lowest BCUT2D eigenvalue weighted by atomic mass is 10.2. The van der Waals surface area contributed by atoms with Gasteiger partial charge < -0.3 is 9.73 Å². The Kier molecular flexibility index (Phi) is 3.69. The number of para-hydroxylation sites is 1. The first-order valence-electron chi connectivity index (χ1n) is 8.38. The number of fused-ring (bicyclic) bond motifs is 2. The van der Waals surface area contributed by atoms with Crippen molar-refractivity contribution in [2.75, 3.05) is 5.32 Å². The van der Waals surface area contributed by atoms with Gasteiger partial charge in [0.25, 0.3) is 5.91 Å². The number of rotatable bonds is 3. The molecule has 2 aromatic carbocycles. The van der Waals surface area contributed by atoms with Gasteiger partial charge in [0.05, 0.1) is 0 Å². The number of amides is 1. The molecular formula is C21H13N3O2S. The van der Waals surface area contributed by atoms with Crippen LogP contribution in [0, 0.1) is 0 Å². The zero-order chi connectivity index (χ0) is 18.2. The number of carbonyl (C=O) groups excluding carboxylic acids is 1. The van der Waals surface area contributed by atoms with Gasteiger partial charge in [-0.2, -0.15) is 0 Å². The van der Waals surface area contributed by atoms with Crippen molar-refractivity contribution in [1.82, 2.24) is 9.97 Å². The number of pyridine rings is 1. The third kappa shape index (κ3) is 2.96. The molecule has 3 aromatic heterocycles. The number of furan rings is 1. The van der Waals surface area contributed by atoms with Crippen LogP contribution in [-0.2, 0) is 0 Å². The van der Waals surface area contributed by atoms with E-state index < -0.39 is 0 Å². The van der Waals surface area contributed by atoms with E-state index in [1.165, 1.54) is 0 Å². The van der Waals surface area contributed by atoms with Crippen LogP contribution in [0.1, 0.15) is 10.6 Å². The summed E-state index contributed by atoms with van der Waals surface area (Å²) < 4.78 is 5.60. The minimum Gasteiger partial charge on any atom is -0.451 e.